The number of carbonyl (C=O) groups excluding carboxylic acids is 2. The van der Waals surface area contributed by atoms with E-state index in [-0.39, 0.29) is 24.1 Å². The van der Waals surface area contributed by atoms with Crippen molar-refractivity contribution in [3.8, 4) is 5.75 Å². The molecule has 1 aromatic rings. The number of piperazine rings is 1. The lowest BCUT2D eigenvalue weighted by atomic mass is 10.0. The van der Waals surface area contributed by atoms with E-state index in [0.717, 1.165) is 0 Å². The molecule has 1 unspecified atom stereocenters. The smallest absolute Gasteiger partial charge is 0.247 e. The Kier molecular flexibility index (Phi) is 2.29. The second-order valence-electron chi connectivity index (χ2n) is 3.31. The number of hydrogen-bond acceptors (Lipinski definition) is 3. The molecule has 78 valence electrons. The van der Waals surface area contributed by atoms with Crippen LogP contribution in [-0.4, -0.2) is 23.5 Å². The van der Waals surface area contributed by atoms with Gasteiger partial charge in [-0.2, -0.15) is 0 Å². The number of carbonyl (C=O) groups is 2. The van der Waals surface area contributed by atoms with Crippen LogP contribution in [0.1, 0.15) is 11.6 Å². The van der Waals surface area contributed by atoms with Crippen LogP contribution < -0.4 is 10.6 Å². The molecule has 0 radical (unpaired) electrons. The summed E-state index contributed by atoms with van der Waals surface area (Å²) in [5, 5.41) is 14.1. The van der Waals surface area contributed by atoms with Crippen LogP contribution >= 0.6 is 0 Å². The molecule has 1 aromatic carbocycles. The number of phenolic OH excluding ortho intramolecular Hbond substituents is 1. The predicted octanol–water partition coefficient (Wildman–Crippen LogP) is -0.321. The van der Waals surface area contributed by atoms with E-state index in [1.54, 1.807) is 12.1 Å². The van der Waals surface area contributed by atoms with Crippen molar-refractivity contribution in [2.45, 2.75) is 6.04 Å². The van der Waals surface area contributed by atoms with Gasteiger partial charge in [0.2, 0.25) is 11.8 Å². The Bertz CT molecular complexity index is 400. The molecule has 2 rings (SSSR count). The van der Waals surface area contributed by atoms with E-state index in [1.165, 1.54) is 12.1 Å². The first kappa shape index (κ1) is 9.51. The summed E-state index contributed by atoms with van der Waals surface area (Å²) in [5.74, 6) is -0.325. The first-order chi connectivity index (χ1) is 7.16. The van der Waals surface area contributed by atoms with Gasteiger partial charge in [0.05, 0.1) is 6.54 Å². The zero-order valence-electron chi connectivity index (χ0n) is 7.86. The van der Waals surface area contributed by atoms with Crippen LogP contribution in [0.2, 0.25) is 0 Å². The average molecular weight is 206 g/mol. The van der Waals surface area contributed by atoms with Gasteiger partial charge in [-0.1, -0.05) is 12.1 Å². The molecular weight excluding hydrogens is 196 g/mol. The summed E-state index contributed by atoms with van der Waals surface area (Å²) in [6, 6.07) is 5.50. The van der Waals surface area contributed by atoms with Gasteiger partial charge in [-0.05, 0) is 17.7 Å². The summed E-state index contributed by atoms with van der Waals surface area (Å²) < 4.78 is 0. The fourth-order valence-corrected chi connectivity index (χ4v) is 1.45. The molecule has 1 saturated heterocycles. The molecule has 1 fully saturated rings. The van der Waals surface area contributed by atoms with Crippen molar-refractivity contribution in [1.82, 2.24) is 10.6 Å². The summed E-state index contributed by atoms with van der Waals surface area (Å²) >= 11 is 0. The number of benzene rings is 1. The van der Waals surface area contributed by atoms with Crippen molar-refractivity contribution in [1.29, 1.82) is 0 Å². The lowest BCUT2D eigenvalue weighted by molar-refractivity contribution is -0.133. The third-order valence-corrected chi connectivity index (χ3v) is 2.22. The summed E-state index contributed by atoms with van der Waals surface area (Å²) in [4.78, 5) is 22.5. The molecule has 2 amide bonds. The van der Waals surface area contributed by atoms with Crippen LogP contribution in [0.3, 0.4) is 0 Å². The minimum Gasteiger partial charge on any atom is -0.508 e. The molecule has 5 heteroatoms. The molecule has 0 spiro atoms. The monoisotopic (exact) mass is 206 g/mol. The number of nitrogens with one attached hydrogen (secondary N) is 2. The number of rotatable bonds is 1. The molecule has 15 heavy (non-hydrogen) atoms. The third-order valence-electron chi connectivity index (χ3n) is 2.22. The molecule has 0 aliphatic carbocycles. The standard InChI is InChI=1S/C10H10N2O3/c13-7-3-1-6(2-4-7)9-10(15)11-5-8(14)12-9/h1-4,9,13H,5H2,(H,11,15)(H,12,14). The Hall–Kier alpha value is -2.04. The Morgan fingerprint density at radius 3 is 2.53 bits per heavy atom. The van der Waals surface area contributed by atoms with Gasteiger partial charge in [-0.15, -0.1) is 0 Å². The lowest BCUT2D eigenvalue weighted by Gasteiger charge is -2.23. The van der Waals surface area contributed by atoms with Crippen molar-refractivity contribution in [3.05, 3.63) is 29.8 Å². The van der Waals surface area contributed by atoms with Crippen molar-refractivity contribution < 1.29 is 14.7 Å². The van der Waals surface area contributed by atoms with Crippen molar-refractivity contribution in [3.63, 3.8) is 0 Å². The summed E-state index contributed by atoms with van der Waals surface area (Å²) in [7, 11) is 0. The molecule has 1 aliphatic heterocycles. The van der Waals surface area contributed by atoms with E-state index in [9.17, 15) is 9.59 Å². The highest BCUT2D eigenvalue weighted by Crippen LogP contribution is 2.18. The molecule has 1 heterocycles. The van der Waals surface area contributed by atoms with Gasteiger partial charge in [-0.3, -0.25) is 9.59 Å². The van der Waals surface area contributed by atoms with Gasteiger partial charge in [0.1, 0.15) is 11.8 Å². The van der Waals surface area contributed by atoms with Crippen LogP contribution in [-0.2, 0) is 9.59 Å². The highest BCUT2D eigenvalue weighted by atomic mass is 16.3. The number of aromatic hydroxyl groups is 1. The van der Waals surface area contributed by atoms with Crippen LogP contribution in [0, 0.1) is 0 Å². The van der Waals surface area contributed by atoms with Gasteiger partial charge in [-0.25, -0.2) is 0 Å². The zero-order valence-corrected chi connectivity index (χ0v) is 7.86. The number of phenols is 1. The largest absolute Gasteiger partial charge is 0.508 e. The summed E-state index contributed by atoms with van der Waals surface area (Å²) in [6.45, 7) is 0.0212. The Morgan fingerprint density at radius 2 is 1.87 bits per heavy atom. The maximum atomic E-state index is 11.4. The third kappa shape index (κ3) is 1.90. The minimum absolute atomic E-state index is 0.0212. The molecule has 0 aromatic heterocycles. The first-order valence-electron chi connectivity index (χ1n) is 4.53. The van der Waals surface area contributed by atoms with Gasteiger partial charge in [0, 0.05) is 0 Å². The van der Waals surface area contributed by atoms with Crippen molar-refractivity contribution in [2.24, 2.45) is 0 Å². The zero-order chi connectivity index (χ0) is 10.8. The number of hydrogen-bond donors (Lipinski definition) is 3. The predicted molar refractivity (Wildman–Crippen MR) is 52.0 cm³/mol. The van der Waals surface area contributed by atoms with Crippen molar-refractivity contribution in [2.75, 3.05) is 6.54 Å². The second kappa shape index (κ2) is 3.61. The van der Waals surface area contributed by atoms with E-state index < -0.39 is 6.04 Å². The Morgan fingerprint density at radius 1 is 1.20 bits per heavy atom. The fraction of sp³-hybridized carbons (Fsp3) is 0.200. The molecule has 1 aliphatic rings. The molecule has 0 saturated carbocycles. The van der Waals surface area contributed by atoms with E-state index in [4.69, 9.17) is 5.11 Å². The maximum Gasteiger partial charge on any atom is 0.247 e. The van der Waals surface area contributed by atoms with E-state index >= 15 is 0 Å². The second-order valence-corrected chi connectivity index (χ2v) is 3.31. The maximum absolute atomic E-state index is 11.4. The average Bonchev–Trinajstić information content (AvgIpc) is 2.23. The SMILES string of the molecule is O=C1CNC(=O)C(c2ccc(O)cc2)N1. The highest BCUT2D eigenvalue weighted by molar-refractivity contribution is 5.95. The van der Waals surface area contributed by atoms with Crippen LogP contribution in [0.4, 0.5) is 0 Å². The normalized spacial score (nSPS) is 20.7. The molecule has 3 N–H and O–H groups in total. The Balaban J connectivity index is 2.25. The number of amides is 2. The van der Waals surface area contributed by atoms with Crippen LogP contribution in [0.25, 0.3) is 0 Å². The van der Waals surface area contributed by atoms with E-state index in [2.05, 4.69) is 10.6 Å². The van der Waals surface area contributed by atoms with Crippen molar-refractivity contribution >= 4 is 11.8 Å². The van der Waals surface area contributed by atoms with Gasteiger partial charge < -0.3 is 15.7 Å². The molecule has 1 atom stereocenters. The molecule has 0 bridgehead atoms. The molecule has 5 nitrogen and oxygen atoms in total. The molecular formula is C10H10N2O3. The topological polar surface area (TPSA) is 78.4 Å². The highest BCUT2D eigenvalue weighted by Gasteiger charge is 2.26. The van der Waals surface area contributed by atoms with E-state index in [0.29, 0.717) is 5.56 Å². The fourth-order valence-electron chi connectivity index (χ4n) is 1.45. The lowest BCUT2D eigenvalue weighted by Crippen LogP contribution is -2.50. The Labute approximate surface area is 86.1 Å². The minimum atomic E-state index is -0.660. The van der Waals surface area contributed by atoms with E-state index in [1.807, 2.05) is 0 Å². The summed E-state index contributed by atoms with van der Waals surface area (Å²) in [5.41, 5.74) is 0.651. The van der Waals surface area contributed by atoms with Crippen LogP contribution in [0.5, 0.6) is 5.75 Å². The van der Waals surface area contributed by atoms with Crippen LogP contribution in [0.15, 0.2) is 24.3 Å². The first-order valence-corrected chi connectivity index (χ1v) is 4.53. The van der Waals surface area contributed by atoms with Gasteiger partial charge in [0.15, 0.2) is 0 Å². The van der Waals surface area contributed by atoms with Gasteiger partial charge >= 0.3 is 0 Å². The quantitative estimate of drug-likeness (QED) is 0.589. The van der Waals surface area contributed by atoms with Gasteiger partial charge in [0.25, 0.3) is 0 Å². The summed E-state index contributed by atoms with van der Waals surface area (Å²) in [6.07, 6.45) is 0.